The van der Waals surface area contributed by atoms with Crippen LogP contribution in [0, 0.1) is 5.82 Å². The van der Waals surface area contributed by atoms with Crippen LogP contribution in [0.3, 0.4) is 0 Å². The molecule has 0 amide bonds. The van der Waals surface area contributed by atoms with Gasteiger partial charge in [0.1, 0.15) is 4.90 Å². The molecule has 0 aromatic heterocycles. The van der Waals surface area contributed by atoms with Crippen LogP contribution in [-0.4, -0.2) is 23.1 Å². The van der Waals surface area contributed by atoms with Crippen LogP contribution < -0.4 is 4.18 Å². The molecule has 0 heterocycles. The van der Waals surface area contributed by atoms with E-state index in [1.54, 1.807) is 0 Å². The highest BCUT2D eigenvalue weighted by Gasteiger charge is 2.19. The maximum Gasteiger partial charge on any atom is 0.339 e. The summed E-state index contributed by atoms with van der Waals surface area (Å²) in [5.41, 5.74) is 0. The largest absolute Gasteiger partial charge is 0.376 e. The van der Waals surface area contributed by atoms with Gasteiger partial charge in [-0.1, -0.05) is 12.1 Å². The van der Waals surface area contributed by atoms with Gasteiger partial charge in [0.05, 0.1) is 4.90 Å². The molecular formula is C13H11FO5S2. The SMILES string of the molecule is CS(=O)(=O)c1ccc(S(=O)(=O)Oc2ccccc2F)cc1. The molecule has 0 atom stereocenters. The number of benzene rings is 2. The molecule has 112 valence electrons. The van der Waals surface area contributed by atoms with Crippen molar-refractivity contribution in [3.05, 3.63) is 54.3 Å². The van der Waals surface area contributed by atoms with Crippen LogP contribution in [0.1, 0.15) is 0 Å². The molecule has 0 aliphatic rings. The Hall–Kier alpha value is -1.93. The van der Waals surface area contributed by atoms with Crippen LogP contribution in [0.4, 0.5) is 4.39 Å². The lowest BCUT2D eigenvalue weighted by atomic mass is 10.3. The highest BCUT2D eigenvalue weighted by Crippen LogP contribution is 2.22. The first-order valence-corrected chi connectivity index (χ1v) is 8.99. The molecule has 2 aromatic carbocycles. The summed E-state index contributed by atoms with van der Waals surface area (Å²) in [7, 11) is -7.66. The van der Waals surface area contributed by atoms with Gasteiger partial charge in [0.2, 0.25) is 0 Å². The van der Waals surface area contributed by atoms with Crippen molar-refractivity contribution in [3.63, 3.8) is 0 Å². The quantitative estimate of drug-likeness (QED) is 0.801. The number of rotatable bonds is 4. The predicted octanol–water partition coefficient (Wildman–Crippen LogP) is 2.00. The van der Waals surface area contributed by atoms with E-state index in [0.717, 1.165) is 36.6 Å². The standard InChI is InChI=1S/C13H11FO5S2/c1-20(15,16)10-6-8-11(9-7-10)21(17,18)19-13-5-3-2-4-12(13)14/h2-9H,1H3. The zero-order valence-corrected chi connectivity index (χ0v) is 12.5. The Balaban J connectivity index is 2.35. The molecule has 2 aromatic rings. The summed E-state index contributed by atoms with van der Waals surface area (Å²) in [5.74, 6) is -1.24. The summed E-state index contributed by atoms with van der Waals surface area (Å²) in [6.07, 6.45) is 1.01. The minimum atomic E-state index is -4.23. The molecule has 5 nitrogen and oxygen atoms in total. The maximum absolute atomic E-state index is 13.4. The number of sulfone groups is 1. The number of hydrogen-bond donors (Lipinski definition) is 0. The molecule has 2 rings (SSSR count). The average Bonchev–Trinajstić information content (AvgIpc) is 2.40. The molecule has 0 saturated heterocycles. The van der Waals surface area contributed by atoms with Gasteiger partial charge in [-0.25, -0.2) is 12.8 Å². The zero-order valence-electron chi connectivity index (χ0n) is 10.9. The third-order valence-electron chi connectivity index (χ3n) is 2.58. The minimum absolute atomic E-state index is 0.0210. The zero-order chi connectivity index (χ0) is 15.7. The second-order valence-corrected chi connectivity index (χ2v) is 7.77. The van der Waals surface area contributed by atoms with Crippen molar-refractivity contribution in [2.75, 3.05) is 6.26 Å². The molecule has 0 aliphatic carbocycles. The van der Waals surface area contributed by atoms with E-state index >= 15 is 0 Å². The lowest BCUT2D eigenvalue weighted by Gasteiger charge is -2.08. The molecule has 0 radical (unpaired) electrons. The Labute approximate surface area is 122 Å². The Morgan fingerprint density at radius 3 is 1.90 bits per heavy atom. The fourth-order valence-corrected chi connectivity index (χ4v) is 3.10. The second kappa shape index (κ2) is 5.45. The van der Waals surface area contributed by atoms with Crippen LogP contribution in [0.5, 0.6) is 5.75 Å². The first-order valence-electron chi connectivity index (χ1n) is 5.69. The molecule has 0 fully saturated rings. The summed E-state index contributed by atoms with van der Waals surface area (Å²) in [5, 5.41) is 0. The number of halogens is 1. The van der Waals surface area contributed by atoms with Gasteiger partial charge < -0.3 is 4.18 Å². The van der Waals surface area contributed by atoms with E-state index in [9.17, 15) is 21.2 Å². The number of hydrogen-bond acceptors (Lipinski definition) is 5. The van der Waals surface area contributed by atoms with Gasteiger partial charge in [-0.3, -0.25) is 0 Å². The minimum Gasteiger partial charge on any atom is -0.376 e. The van der Waals surface area contributed by atoms with E-state index in [2.05, 4.69) is 0 Å². The Bertz CT molecular complexity index is 856. The summed E-state index contributed by atoms with van der Waals surface area (Å²) in [6, 6.07) is 9.55. The van der Waals surface area contributed by atoms with Gasteiger partial charge in [-0.2, -0.15) is 8.42 Å². The summed E-state index contributed by atoms with van der Waals surface area (Å²) in [4.78, 5) is -0.287. The normalized spacial score (nSPS) is 12.1. The fourth-order valence-electron chi connectivity index (χ4n) is 1.53. The van der Waals surface area contributed by atoms with E-state index in [1.165, 1.54) is 18.2 Å². The highest BCUT2D eigenvalue weighted by molar-refractivity contribution is 7.90. The van der Waals surface area contributed by atoms with Crippen molar-refractivity contribution in [3.8, 4) is 5.75 Å². The van der Waals surface area contributed by atoms with Gasteiger partial charge in [-0.15, -0.1) is 0 Å². The summed E-state index contributed by atoms with van der Waals surface area (Å²) < 4.78 is 64.6. The van der Waals surface area contributed by atoms with E-state index in [0.29, 0.717) is 0 Å². The molecule has 0 N–H and O–H groups in total. The van der Waals surface area contributed by atoms with Crippen molar-refractivity contribution in [2.24, 2.45) is 0 Å². The first kappa shape index (κ1) is 15.5. The van der Waals surface area contributed by atoms with Crippen molar-refractivity contribution >= 4 is 20.0 Å². The maximum atomic E-state index is 13.4. The predicted molar refractivity (Wildman–Crippen MR) is 73.8 cm³/mol. The first-order chi connectivity index (χ1) is 9.70. The third kappa shape index (κ3) is 3.59. The van der Waals surface area contributed by atoms with Crippen LogP contribution >= 0.6 is 0 Å². The third-order valence-corrected chi connectivity index (χ3v) is 4.95. The summed E-state index contributed by atoms with van der Waals surface area (Å²) in [6.45, 7) is 0. The van der Waals surface area contributed by atoms with Crippen LogP contribution in [0.2, 0.25) is 0 Å². The lowest BCUT2D eigenvalue weighted by Crippen LogP contribution is -2.11. The smallest absolute Gasteiger partial charge is 0.339 e. The van der Waals surface area contributed by atoms with E-state index < -0.39 is 31.5 Å². The Morgan fingerprint density at radius 2 is 1.38 bits per heavy atom. The van der Waals surface area contributed by atoms with Crippen molar-refractivity contribution in [1.29, 1.82) is 0 Å². The molecule has 0 spiro atoms. The van der Waals surface area contributed by atoms with Crippen LogP contribution in [0.25, 0.3) is 0 Å². The molecule has 0 unspecified atom stereocenters. The molecular weight excluding hydrogens is 319 g/mol. The Kier molecular flexibility index (Phi) is 4.02. The molecule has 0 saturated carbocycles. The average molecular weight is 330 g/mol. The fraction of sp³-hybridized carbons (Fsp3) is 0.0769. The van der Waals surface area contributed by atoms with Gasteiger partial charge >= 0.3 is 10.1 Å². The van der Waals surface area contributed by atoms with Crippen LogP contribution in [-0.2, 0) is 20.0 Å². The van der Waals surface area contributed by atoms with Gasteiger partial charge in [-0.05, 0) is 36.4 Å². The Morgan fingerprint density at radius 1 is 0.857 bits per heavy atom. The topological polar surface area (TPSA) is 77.5 Å². The molecule has 8 heteroatoms. The van der Waals surface area contributed by atoms with E-state index in [1.807, 2.05) is 0 Å². The summed E-state index contributed by atoms with van der Waals surface area (Å²) >= 11 is 0. The molecule has 0 bridgehead atoms. The van der Waals surface area contributed by atoms with Crippen molar-refractivity contribution in [2.45, 2.75) is 9.79 Å². The lowest BCUT2D eigenvalue weighted by molar-refractivity contribution is 0.461. The van der Waals surface area contributed by atoms with E-state index in [-0.39, 0.29) is 9.79 Å². The van der Waals surface area contributed by atoms with E-state index in [4.69, 9.17) is 4.18 Å². The van der Waals surface area contributed by atoms with Crippen molar-refractivity contribution < 1.29 is 25.4 Å². The second-order valence-electron chi connectivity index (χ2n) is 4.21. The highest BCUT2D eigenvalue weighted by atomic mass is 32.2. The molecule has 21 heavy (non-hydrogen) atoms. The van der Waals surface area contributed by atoms with Crippen LogP contribution in [0.15, 0.2) is 58.3 Å². The van der Waals surface area contributed by atoms with Gasteiger partial charge in [0.15, 0.2) is 21.4 Å². The molecule has 0 aliphatic heterocycles. The van der Waals surface area contributed by atoms with Gasteiger partial charge in [0.25, 0.3) is 0 Å². The van der Waals surface area contributed by atoms with Crippen molar-refractivity contribution in [1.82, 2.24) is 0 Å². The monoisotopic (exact) mass is 330 g/mol. The number of para-hydroxylation sites is 1. The van der Waals surface area contributed by atoms with Gasteiger partial charge in [0, 0.05) is 6.26 Å².